The minimum Gasteiger partial charge on any atom is -0.460 e. The lowest BCUT2D eigenvalue weighted by molar-refractivity contribution is -0.155. The molecule has 0 spiro atoms. The van der Waals surface area contributed by atoms with Gasteiger partial charge in [-0.1, -0.05) is 35.0 Å². The summed E-state index contributed by atoms with van der Waals surface area (Å²) in [4.78, 5) is 18.9. The fourth-order valence-corrected chi connectivity index (χ4v) is 4.62. The Labute approximate surface area is 223 Å². The van der Waals surface area contributed by atoms with Gasteiger partial charge in [-0.3, -0.25) is 4.79 Å². The first-order valence-electron chi connectivity index (χ1n) is 12.6. The Hall–Kier alpha value is -3.16. The molecule has 0 radical (unpaired) electrons. The van der Waals surface area contributed by atoms with Crippen LogP contribution in [0.4, 0.5) is 0 Å². The molecule has 0 amide bonds. The summed E-state index contributed by atoms with van der Waals surface area (Å²) >= 11 is 6.51. The summed E-state index contributed by atoms with van der Waals surface area (Å²) in [5.74, 6) is 0.797. The highest BCUT2D eigenvalue weighted by Crippen LogP contribution is 2.33. The summed E-state index contributed by atoms with van der Waals surface area (Å²) in [6, 6.07) is 12.4. The third-order valence-corrected chi connectivity index (χ3v) is 6.56. The molecule has 8 heteroatoms. The van der Waals surface area contributed by atoms with Gasteiger partial charge in [0.05, 0.1) is 11.4 Å². The number of rotatable bonds is 8. The first-order valence-corrected chi connectivity index (χ1v) is 12.9. The van der Waals surface area contributed by atoms with Crippen LogP contribution in [0.25, 0.3) is 33.7 Å². The zero-order valence-electron chi connectivity index (χ0n) is 22.6. The van der Waals surface area contributed by atoms with Crippen LogP contribution in [0.3, 0.4) is 0 Å². The average Bonchev–Trinajstić information content (AvgIpc) is 3.43. The maximum Gasteiger partial charge on any atom is 0.307 e. The molecule has 2 heterocycles. The lowest BCUT2D eigenvalue weighted by Crippen LogP contribution is -2.27. The van der Waals surface area contributed by atoms with Crippen LogP contribution in [0.2, 0.25) is 5.02 Å². The molecule has 4 rings (SSSR count). The zero-order valence-corrected chi connectivity index (χ0v) is 23.4. The Morgan fingerprint density at radius 2 is 1.97 bits per heavy atom. The number of carbonyl (C=O) groups excluding carboxylic acids is 1. The highest BCUT2D eigenvalue weighted by atomic mass is 35.5. The number of halogens is 1. The topological polar surface area (TPSA) is 73.4 Å². The monoisotopic (exact) mass is 522 g/mol. The van der Waals surface area contributed by atoms with Crippen molar-refractivity contribution in [1.82, 2.24) is 19.6 Å². The molecule has 0 aliphatic carbocycles. The minimum absolute atomic E-state index is 0.190. The van der Waals surface area contributed by atoms with Gasteiger partial charge in [-0.15, -0.1) is 0 Å². The number of nitrogens with zero attached hydrogens (tertiary/aromatic N) is 4. The van der Waals surface area contributed by atoms with Gasteiger partial charge in [0.15, 0.2) is 0 Å². The van der Waals surface area contributed by atoms with Gasteiger partial charge >= 0.3 is 5.97 Å². The summed E-state index contributed by atoms with van der Waals surface area (Å²) in [6.07, 6.45) is 2.30. The van der Waals surface area contributed by atoms with Gasteiger partial charge in [0.2, 0.25) is 5.82 Å². The van der Waals surface area contributed by atoms with Crippen molar-refractivity contribution >= 4 is 28.5 Å². The fourth-order valence-electron chi connectivity index (χ4n) is 4.37. The molecular formula is C29H35ClN4O3. The maximum absolute atomic E-state index is 12.1. The summed E-state index contributed by atoms with van der Waals surface area (Å²) in [6.45, 7) is 13.2. The molecule has 0 bridgehead atoms. The summed E-state index contributed by atoms with van der Waals surface area (Å²) in [5, 5.41) is 5.93. The van der Waals surface area contributed by atoms with Crippen LogP contribution in [0.15, 0.2) is 47.1 Å². The van der Waals surface area contributed by atoms with E-state index in [1.54, 1.807) is 0 Å². The zero-order chi connectivity index (χ0) is 26.9. The molecule has 0 unspecified atom stereocenters. The number of benzene rings is 2. The second-order valence-electron chi connectivity index (χ2n) is 10.8. The van der Waals surface area contributed by atoms with Crippen LogP contribution >= 0.6 is 11.6 Å². The number of esters is 1. The number of hydrogen-bond donors (Lipinski definition) is 0. The van der Waals surface area contributed by atoms with Crippen LogP contribution in [0, 0.1) is 6.92 Å². The van der Waals surface area contributed by atoms with E-state index < -0.39 is 5.60 Å². The predicted molar refractivity (Wildman–Crippen MR) is 148 cm³/mol. The van der Waals surface area contributed by atoms with Crippen LogP contribution in [-0.4, -0.2) is 44.8 Å². The van der Waals surface area contributed by atoms with E-state index in [1.165, 1.54) is 0 Å². The van der Waals surface area contributed by atoms with Crippen molar-refractivity contribution in [3.05, 3.63) is 58.7 Å². The van der Waals surface area contributed by atoms with Crippen molar-refractivity contribution in [2.75, 3.05) is 13.6 Å². The Bertz CT molecular complexity index is 1410. The van der Waals surface area contributed by atoms with Crippen molar-refractivity contribution in [1.29, 1.82) is 0 Å². The van der Waals surface area contributed by atoms with Crippen molar-refractivity contribution < 1.29 is 14.1 Å². The van der Waals surface area contributed by atoms with Gasteiger partial charge in [-0.2, -0.15) is 4.98 Å². The van der Waals surface area contributed by atoms with E-state index in [-0.39, 0.29) is 5.97 Å². The normalized spacial score (nSPS) is 12.2. The van der Waals surface area contributed by atoms with Crippen molar-refractivity contribution in [3.63, 3.8) is 0 Å². The van der Waals surface area contributed by atoms with E-state index in [1.807, 2.05) is 64.3 Å². The fraction of sp³-hybridized carbons (Fsp3) is 0.414. The van der Waals surface area contributed by atoms with Gasteiger partial charge in [0, 0.05) is 47.4 Å². The van der Waals surface area contributed by atoms with E-state index >= 15 is 0 Å². The molecule has 4 aromatic rings. The molecule has 196 valence electrons. The van der Waals surface area contributed by atoms with E-state index in [0.717, 1.165) is 33.2 Å². The van der Waals surface area contributed by atoms with Gasteiger partial charge in [-0.05, 0) is 77.9 Å². The number of aromatic nitrogens is 3. The maximum atomic E-state index is 12.1. The van der Waals surface area contributed by atoms with Crippen LogP contribution in [-0.2, 0) is 16.1 Å². The Kier molecular flexibility index (Phi) is 7.76. The standard InChI is InChI=1S/C29H35ClN4O3/c1-18(2)34-17-24(30)23-15-20(11-12-25(23)34)28-31-27(32-37-28)22-10-8-9-21(19(22)3)16-33(7)14-13-26(35)36-29(4,5)6/h8-12,15,17-18H,13-14,16H2,1-7H3. The third kappa shape index (κ3) is 6.22. The highest BCUT2D eigenvalue weighted by molar-refractivity contribution is 6.35. The van der Waals surface area contributed by atoms with Crippen LogP contribution < -0.4 is 0 Å². The molecule has 2 aromatic carbocycles. The molecule has 0 saturated heterocycles. The van der Waals surface area contributed by atoms with E-state index in [0.29, 0.717) is 42.3 Å². The molecule has 0 aliphatic heterocycles. The second-order valence-corrected chi connectivity index (χ2v) is 11.2. The van der Waals surface area contributed by atoms with Gasteiger partial charge in [0.1, 0.15) is 5.60 Å². The van der Waals surface area contributed by atoms with E-state index in [4.69, 9.17) is 25.8 Å². The quantitative estimate of drug-likeness (QED) is 0.230. The first-order chi connectivity index (χ1) is 17.4. The number of hydrogen-bond acceptors (Lipinski definition) is 6. The molecule has 7 nitrogen and oxygen atoms in total. The highest BCUT2D eigenvalue weighted by Gasteiger charge is 2.19. The number of carbonyl (C=O) groups is 1. The van der Waals surface area contributed by atoms with Crippen LogP contribution in [0.5, 0.6) is 0 Å². The molecule has 0 aliphatic rings. The smallest absolute Gasteiger partial charge is 0.307 e. The minimum atomic E-state index is -0.471. The largest absolute Gasteiger partial charge is 0.460 e. The second kappa shape index (κ2) is 10.7. The Balaban J connectivity index is 1.51. The van der Waals surface area contributed by atoms with Gasteiger partial charge in [-0.25, -0.2) is 0 Å². The third-order valence-electron chi connectivity index (χ3n) is 6.26. The number of fused-ring (bicyclic) bond motifs is 1. The van der Waals surface area contributed by atoms with E-state index in [9.17, 15) is 4.79 Å². The summed E-state index contributed by atoms with van der Waals surface area (Å²) in [5.41, 5.74) is 4.55. The SMILES string of the molecule is Cc1c(CN(C)CCC(=O)OC(C)(C)C)cccc1-c1noc(-c2ccc3c(c2)c(Cl)cn3C(C)C)n1. The van der Waals surface area contributed by atoms with Gasteiger partial charge in [0.25, 0.3) is 5.89 Å². The molecule has 0 saturated carbocycles. The lowest BCUT2D eigenvalue weighted by atomic mass is 10.0. The van der Waals surface area contributed by atoms with Gasteiger partial charge < -0.3 is 18.7 Å². The molecular weight excluding hydrogens is 488 g/mol. The van der Waals surface area contributed by atoms with E-state index in [2.05, 4.69) is 41.5 Å². The molecule has 0 atom stereocenters. The molecule has 37 heavy (non-hydrogen) atoms. The van der Waals surface area contributed by atoms with Crippen molar-refractivity contribution in [2.24, 2.45) is 0 Å². The summed E-state index contributed by atoms with van der Waals surface area (Å²) in [7, 11) is 2.00. The Morgan fingerprint density at radius 1 is 1.22 bits per heavy atom. The predicted octanol–water partition coefficient (Wildman–Crippen LogP) is 7.06. The summed E-state index contributed by atoms with van der Waals surface area (Å²) < 4.78 is 13.2. The number of ether oxygens (including phenoxy) is 1. The molecule has 0 fully saturated rings. The Morgan fingerprint density at radius 3 is 2.68 bits per heavy atom. The lowest BCUT2D eigenvalue weighted by Gasteiger charge is -2.22. The van der Waals surface area contributed by atoms with Crippen LogP contribution in [0.1, 0.15) is 58.2 Å². The average molecular weight is 523 g/mol. The molecule has 0 N–H and O–H groups in total. The molecule has 2 aromatic heterocycles. The first kappa shape index (κ1) is 26.9. The van der Waals surface area contributed by atoms with Crippen molar-refractivity contribution in [3.8, 4) is 22.8 Å². The van der Waals surface area contributed by atoms with Crippen molar-refractivity contribution in [2.45, 2.75) is 66.2 Å².